The van der Waals surface area contributed by atoms with Gasteiger partial charge in [0.2, 0.25) is 0 Å². The van der Waals surface area contributed by atoms with Crippen LogP contribution in [0.25, 0.3) is 0 Å². The number of hydrogen-bond acceptors (Lipinski definition) is 4. The summed E-state index contributed by atoms with van der Waals surface area (Å²) in [6.45, 7) is 9.35. The zero-order valence-electron chi connectivity index (χ0n) is 13.4. The van der Waals surface area contributed by atoms with Crippen molar-refractivity contribution in [1.29, 1.82) is 0 Å². The molecule has 0 radical (unpaired) electrons. The van der Waals surface area contributed by atoms with Gasteiger partial charge < -0.3 is 10.2 Å². The first-order valence-electron chi connectivity index (χ1n) is 7.93. The average molecular weight is 295 g/mol. The molecule has 0 aliphatic carbocycles. The number of rotatable bonds is 6. The van der Waals surface area contributed by atoms with Crippen LogP contribution in [0.15, 0.2) is 6.20 Å². The maximum absolute atomic E-state index is 4.63. The van der Waals surface area contributed by atoms with Gasteiger partial charge in [0.25, 0.3) is 0 Å². The van der Waals surface area contributed by atoms with E-state index in [0.717, 1.165) is 12.3 Å². The molecule has 0 amide bonds. The van der Waals surface area contributed by atoms with E-state index in [9.17, 15) is 0 Å². The van der Waals surface area contributed by atoms with E-state index in [0.29, 0.717) is 12.1 Å². The summed E-state index contributed by atoms with van der Waals surface area (Å²) in [5, 5.41) is 4.63. The maximum Gasteiger partial charge on any atom is 0.0930 e. The Morgan fingerprint density at radius 1 is 1.35 bits per heavy atom. The van der Waals surface area contributed by atoms with Gasteiger partial charge in [0.15, 0.2) is 0 Å². The van der Waals surface area contributed by atoms with E-state index >= 15 is 0 Å². The molecular formula is C16H29N3S. The molecule has 0 bridgehead atoms. The molecule has 4 heteroatoms. The Labute approximate surface area is 127 Å². The van der Waals surface area contributed by atoms with Gasteiger partial charge in [-0.3, -0.25) is 0 Å². The van der Waals surface area contributed by atoms with Crippen molar-refractivity contribution in [2.45, 2.75) is 58.5 Å². The molecule has 1 aromatic heterocycles. The lowest BCUT2D eigenvalue weighted by molar-refractivity contribution is 0.149. The van der Waals surface area contributed by atoms with E-state index < -0.39 is 0 Å². The van der Waals surface area contributed by atoms with Crippen molar-refractivity contribution in [2.24, 2.45) is 5.92 Å². The van der Waals surface area contributed by atoms with Crippen LogP contribution in [-0.2, 0) is 12.8 Å². The largest absolute Gasteiger partial charge is 0.317 e. The van der Waals surface area contributed by atoms with Gasteiger partial charge in [0.05, 0.1) is 5.01 Å². The summed E-state index contributed by atoms with van der Waals surface area (Å²) in [6.07, 6.45) is 7.03. The molecule has 1 saturated heterocycles. The lowest BCUT2D eigenvalue weighted by Crippen LogP contribution is -2.38. The first-order valence-corrected chi connectivity index (χ1v) is 8.75. The number of aromatic nitrogens is 1. The van der Waals surface area contributed by atoms with Gasteiger partial charge in [-0.25, -0.2) is 4.98 Å². The molecule has 1 fully saturated rings. The molecule has 0 aromatic carbocycles. The first-order chi connectivity index (χ1) is 9.58. The minimum Gasteiger partial charge on any atom is -0.317 e. The molecule has 2 rings (SSSR count). The second-order valence-corrected chi connectivity index (χ2v) is 7.59. The molecule has 1 N–H and O–H groups in total. The number of thiazole rings is 1. The normalized spacial score (nSPS) is 19.6. The number of likely N-dealkylation sites (N-methyl/N-ethyl adjacent to an activating group) is 1. The highest BCUT2D eigenvalue weighted by atomic mass is 32.1. The molecule has 1 aliphatic rings. The van der Waals surface area contributed by atoms with Crippen molar-refractivity contribution >= 4 is 11.3 Å². The van der Waals surface area contributed by atoms with Crippen LogP contribution < -0.4 is 5.32 Å². The highest BCUT2D eigenvalue weighted by Crippen LogP contribution is 2.25. The smallest absolute Gasteiger partial charge is 0.0930 e. The lowest BCUT2D eigenvalue weighted by atomic mass is 9.93. The van der Waals surface area contributed by atoms with Crippen LogP contribution >= 0.6 is 11.3 Å². The van der Waals surface area contributed by atoms with Gasteiger partial charge in [-0.2, -0.15) is 0 Å². The van der Waals surface area contributed by atoms with Crippen LogP contribution in [0.2, 0.25) is 0 Å². The Bertz CT molecular complexity index is 394. The van der Waals surface area contributed by atoms with Crippen LogP contribution in [0.1, 0.15) is 43.5 Å². The molecule has 3 nitrogen and oxygen atoms in total. The van der Waals surface area contributed by atoms with E-state index in [4.69, 9.17) is 0 Å². The molecule has 114 valence electrons. The van der Waals surface area contributed by atoms with Crippen molar-refractivity contribution in [3.05, 3.63) is 16.1 Å². The lowest BCUT2D eigenvalue weighted by Gasteiger charge is -2.34. The van der Waals surface area contributed by atoms with Crippen molar-refractivity contribution < 1.29 is 0 Å². The third-order valence-corrected chi connectivity index (χ3v) is 5.49. The summed E-state index contributed by atoms with van der Waals surface area (Å²) in [5.41, 5.74) is 0. The van der Waals surface area contributed by atoms with E-state index in [1.165, 1.54) is 42.2 Å². The van der Waals surface area contributed by atoms with E-state index in [-0.39, 0.29) is 0 Å². The van der Waals surface area contributed by atoms with Crippen LogP contribution in [0.4, 0.5) is 0 Å². The number of likely N-dealkylation sites (tertiary alicyclic amines) is 1. The summed E-state index contributed by atoms with van der Waals surface area (Å²) < 4.78 is 0. The monoisotopic (exact) mass is 295 g/mol. The number of hydrogen-bond donors (Lipinski definition) is 1. The van der Waals surface area contributed by atoms with Gasteiger partial charge in [0, 0.05) is 29.6 Å². The summed E-state index contributed by atoms with van der Waals surface area (Å²) in [7, 11) is 2.02. The standard InChI is InChI=1S/C16H29N3S/c1-12(2)19-7-5-14(6-8-19)10-16-18-11-15(20-16)9-13(3)17-4/h11-14,17H,5-10H2,1-4H3. The molecule has 2 heterocycles. The molecule has 1 unspecified atom stereocenters. The second kappa shape index (κ2) is 7.53. The Hall–Kier alpha value is -0.450. The van der Waals surface area contributed by atoms with E-state index in [2.05, 4.69) is 42.2 Å². The van der Waals surface area contributed by atoms with E-state index in [1.807, 2.05) is 18.4 Å². The Morgan fingerprint density at radius 2 is 2.05 bits per heavy atom. The second-order valence-electron chi connectivity index (χ2n) is 6.39. The predicted molar refractivity (Wildman–Crippen MR) is 87.5 cm³/mol. The van der Waals surface area contributed by atoms with Crippen molar-refractivity contribution in [3.63, 3.8) is 0 Å². The average Bonchev–Trinajstić information content (AvgIpc) is 2.86. The molecule has 20 heavy (non-hydrogen) atoms. The first kappa shape index (κ1) is 15.9. The minimum atomic E-state index is 0.539. The van der Waals surface area contributed by atoms with Gasteiger partial charge in [-0.15, -0.1) is 11.3 Å². The fourth-order valence-corrected chi connectivity index (χ4v) is 4.03. The van der Waals surface area contributed by atoms with Crippen molar-refractivity contribution in [1.82, 2.24) is 15.2 Å². The Kier molecular flexibility index (Phi) is 6.00. The molecule has 1 aliphatic heterocycles. The summed E-state index contributed by atoms with van der Waals surface area (Å²) >= 11 is 1.91. The Morgan fingerprint density at radius 3 is 2.65 bits per heavy atom. The third kappa shape index (κ3) is 4.54. The number of nitrogens with zero attached hydrogens (tertiary/aromatic N) is 2. The van der Waals surface area contributed by atoms with Crippen LogP contribution in [0.5, 0.6) is 0 Å². The highest BCUT2D eigenvalue weighted by Gasteiger charge is 2.21. The maximum atomic E-state index is 4.63. The minimum absolute atomic E-state index is 0.539. The quantitative estimate of drug-likeness (QED) is 0.874. The fraction of sp³-hybridized carbons (Fsp3) is 0.812. The third-order valence-electron chi connectivity index (χ3n) is 4.44. The zero-order valence-corrected chi connectivity index (χ0v) is 14.2. The van der Waals surface area contributed by atoms with Crippen LogP contribution in [-0.4, -0.2) is 42.1 Å². The SMILES string of the molecule is CNC(C)Cc1cnc(CC2CCN(C(C)C)CC2)s1. The predicted octanol–water partition coefficient (Wildman–Crippen LogP) is 2.96. The van der Waals surface area contributed by atoms with Crippen LogP contribution in [0.3, 0.4) is 0 Å². The Balaban J connectivity index is 1.80. The molecule has 0 saturated carbocycles. The highest BCUT2D eigenvalue weighted by molar-refractivity contribution is 7.11. The molecule has 0 spiro atoms. The fourth-order valence-electron chi connectivity index (χ4n) is 2.86. The molecule has 1 aromatic rings. The number of piperidine rings is 1. The van der Waals surface area contributed by atoms with Gasteiger partial charge >= 0.3 is 0 Å². The summed E-state index contributed by atoms with van der Waals surface area (Å²) in [4.78, 5) is 8.64. The number of nitrogens with one attached hydrogen (secondary N) is 1. The van der Waals surface area contributed by atoms with E-state index in [1.54, 1.807) is 0 Å². The van der Waals surface area contributed by atoms with Gasteiger partial charge in [-0.1, -0.05) is 0 Å². The topological polar surface area (TPSA) is 28.2 Å². The van der Waals surface area contributed by atoms with Gasteiger partial charge in [0.1, 0.15) is 0 Å². The summed E-state index contributed by atoms with van der Waals surface area (Å²) in [5.74, 6) is 0.839. The van der Waals surface area contributed by atoms with Gasteiger partial charge in [-0.05, 0) is 66.1 Å². The zero-order chi connectivity index (χ0) is 14.5. The van der Waals surface area contributed by atoms with Crippen LogP contribution in [0, 0.1) is 5.92 Å². The molecular weight excluding hydrogens is 266 g/mol. The van der Waals surface area contributed by atoms with Crippen molar-refractivity contribution in [2.75, 3.05) is 20.1 Å². The summed E-state index contributed by atoms with van der Waals surface area (Å²) in [6, 6.07) is 1.24. The molecule has 1 atom stereocenters. The van der Waals surface area contributed by atoms with Crippen molar-refractivity contribution in [3.8, 4) is 0 Å².